The maximum Gasteiger partial charge on any atom is 0.101 e. The lowest BCUT2D eigenvalue weighted by molar-refractivity contribution is 0.207. The summed E-state index contributed by atoms with van der Waals surface area (Å²) in [5.74, 6) is 0.218. The standard InChI is InChI=1S/C20H22O2/c1-12-4-7-15(8-5-12)18-13(2)6-9-16-10-17(22)19(20(16)18)14(3)11-21/h4-10,14,19,21-22H,11H2,1-3H3/t14-,19?/m0/s1. The minimum absolute atomic E-state index is 0.0106. The summed E-state index contributed by atoms with van der Waals surface area (Å²) in [6.07, 6.45) is 1.84. The van der Waals surface area contributed by atoms with Crippen molar-refractivity contribution in [2.75, 3.05) is 6.61 Å². The van der Waals surface area contributed by atoms with Gasteiger partial charge in [0.25, 0.3) is 0 Å². The fourth-order valence-electron chi connectivity index (χ4n) is 3.39. The maximum absolute atomic E-state index is 10.4. The number of aliphatic hydroxyl groups excluding tert-OH is 2. The largest absolute Gasteiger partial charge is 0.512 e. The summed E-state index contributed by atoms with van der Waals surface area (Å²) in [6, 6.07) is 12.6. The second-order valence-electron chi connectivity index (χ2n) is 6.33. The number of fused-ring (bicyclic) bond motifs is 1. The minimum atomic E-state index is -0.129. The summed E-state index contributed by atoms with van der Waals surface area (Å²) in [6.45, 7) is 6.22. The molecule has 0 saturated heterocycles. The van der Waals surface area contributed by atoms with Crippen LogP contribution in [0.3, 0.4) is 0 Å². The Labute approximate surface area is 131 Å². The summed E-state index contributed by atoms with van der Waals surface area (Å²) in [4.78, 5) is 0. The molecule has 0 radical (unpaired) electrons. The van der Waals surface area contributed by atoms with Gasteiger partial charge >= 0.3 is 0 Å². The highest BCUT2D eigenvalue weighted by Crippen LogP contribution is 2.46. The van der Waals surface area contributed by atoms with E-state index in [1.807, 2.05) is 13.0 Å². The molecule has 0 amide bonds. The fourth-order valence-corrected chi connectivity index (χ4v) is 3.39. The Kier molecular flexibility index (Phi) is 3.79. The van der Waals surface area contributed by atoms with Crippen molar-refractivity contribution in [2.45, 2.75) is 26.7 Å². The van der Waals surface area contributed by atoms with Crippen molar-refractivity contribution in [3.05, 3.63) is 64.4 Å². The Morgan fingerprint density at radius 3 is 2.36 bits per heavy atom. The van der Waals surface area contributed by atoms with E-state index < -0.39 is 0 Å². The van der Waals surface area contributed by atoms with Crippen LogP contribution in [-0.4, -0.2) is 16.8 Å². The highest BCUT2D eigenvalue weighted by atomic mass is 16.3. The molecule has 2 heteroatoms. The number of rotatable bonds is 3. The lowest BCUT2D eigenvalue weighted by Crippen LogP contribution is -2.15. The van der Waals surface area contributed by atoms with Gasteiger partial charge in [0.05, 0.1) is 0 Å². The molecule has 2 aromatic rings. The first-order valence-corrected chi connectivity index (χ1v) is 7.75. The summed E-state index contributed by atoms with van der Waals surface area (Å²) in [5, 5.41) is 19.9. The highest BCUT2D eigenvalue weighted by Gasteiger charge is 2.32. The summed E-state index contributed by atoms with van der Waals surface area (Å²) < 4.78 is 0. The lowest BCUT2D eigenvalue weighted by Gasteiger charge is -2.23. The molecule has 1 unspecified atom stereocenters. The van der Waals surface area contributed by atoms with Crippen LogP contribution in [0.1, 0.15) is 35.1 Å². The van der Waals surface area contributed by atoms with Crippen LogP contribution in [-0.2, 0) is 0 Å². The average Bonchev–Trinajstić information content (AvgIpc) is 2.84. The van der Waals surface area contributed by atoms with Crippen LogP contribution < -0.4 is 0 Å². The summed E-state index contributed by atoms with van der Waals surface area (Å²) >= 11 is 0. The fraction of sp³-hybridized carbons (Fsp3) is 0.300. The lowest BCUT2D eigenvalue weighted by atomic mass is 9.82. The van der Waals surface area contributed by atoms with Crippen molar-refractivity contribution < 1.29 is 10.2 Å². The number of hydrogen-bond donors (Lipinski definition) is 2. The van der Waals surface area contributed by atoms with Gasteiger partial charge in [-0.15, -0.1) is 0 Å². The molecule has 2 N–H and O–H groups in total. The van der Waals surface area contributed by atoms with E-state index in [4.69, 9.17) is 0 Å². The van der Waals surface area contributed by atoms with E-state index in [1.165, 1.54) is 16.7 Å². The van der Waals surface area contributed by atoms with Crippen LogP contribution in [0.25, 0.3) is 17.2 Å². The van der Waals surface area contributed by atoms with Gasteiger partial charge in [-0.1, -0.05) is 48.9 Å². The van der Waals surface area contributed by atoms with E-state index in [1.54, 1.807) is 0 Å². The molecule has 1 aliphatic rings. The molecule has 2 aromatic carbocycles. The van der Waals surface area contributed by atoms with Crippen molar-refractivity contribution in [1.29, 1.82) is 0 Å². The molecule has 0 heterocycles. The Hall–Kier alpha value is -2.06. The summed E-state index contributed by atoms with van der Waals surface area (Å²) in [5.41, 5.74) is 6.98. The molecule has 0 aliphatic heterocycles. The molecule has 22 heavy (non-hydrogen) atoms. The van der Waals surface area contributed by atoms with Gasteiger partial charge in [-0.05, 0) is 53.7 Å². The molecular weight excluding hydrogens is 272 g/mol. The van der Waals surface area contributed by atoms with Gasteiger partial charge in [0.1, 0.15) is 5.76 Å². The van der Waals surface area contributed by atoms with E-state index in [0.717, 1.165) is 16.7 Å². The molecule has 1 aliphatic carbocycles. The average molecular weight is 294 g/mol. The molecule has 2 atom stereocenters. The molecule has 3 rings (SSSR count). The van der Waals surface area contributed by atoms with Gasteiger partial charge in [0, 0.05) is 12.5 Å². The number of hydrogen-bond acceptors (Lipinski definition) is 2. The molecule has 114 valence electrons. The third-order valence-corrected chi connectivity index (χ3v) is 4.62. The SMILES string of the molecule is Cc1ccc(-c2c(C)ccc3c2C([C@@H](C)CO)C(O)=C3)cc1. The Balaban J connectivity index is 2.22. The van der Waals surface area contributed by atoms with E-state index in [9.17, 15) is 10.2 Å². The molecule has 2 nitrogen and oxygen atoms in total. The highest BCUT2D eigenvalue weighted by molar-refractivity contribution is 5.80. The molecular formula is C20H22O2. The van der Waals surface area contributed by atoms with Gasteiger partial charge in [-0.3, -0.25) is 0 Å². The predicted molar refractivity (Wildman–Crippen MR) is 90.9 cm³/mol. The van der Waals surface area contributed by atoms with Crippen LogP contribution in [0.2, 0.25) is 0 Å². The van der Waals surface area contributed by atoms with Crippen LogP contribution in [0, 0.1) is 19.8 Å². The Bertz CT molecular complexity index is 726. The predicted octanol–water partition coefficient (Wildman–Crippen LogP) is 4.59. The summed E-state index contributed by atoms with van der Waals surface area (Å²) in [7, 11) is 0. The minimum Gasteiger partial charge on any atom is -0.512 e. The van der Waals surface area contributed by atoms with Gasteiger partial charge < -0.3 is 10.2 Å². The number of aliphatic hydroxyl groups is 2. The second kappa shape index (κ2) is 5.62. The Morgan fingerprint density at radius 2 is 1.73 bits per heavy atom. The topological polar surface area (TPSA) is 40.5 Å². The van der Waals surface area contributed by atoms with E-state index in [2.05, 4.69) is 50.2 Å². The van der Waals surface area contributed by atoms with E-state index in [-0.39, 0.29) is 18.4 Å². The molecule has 0 fully saturated rings. The smallest absolute Gasteiger partial charge is 0.101 e. The molecule has 0 aromatic heterocycles. The normalized spacial score (nSPS) is 18.0. The van der Waals surface area contributed by atoms with Crippen molar-refractivity contribution >= 4 is 6.08 Å². The van der Waals surface area contributed by atoms with Gasteiger partial charge in [0.15, 0.2) is 0 Å². The number of allylic oxidation sites excluding steroid dienone is 1. The zero-order chi connectivity index (χ0) is 15.9. The van der Waals surface area contributed by atoms with Gasteiger partial charge in [-0.2, -0.15) is 0 Å². The Morgan fingerprint density at radius 1 is 1.05 bits per heavy atom. The molecule has 0 saturated carbocycles. The van der Waals surface area contributed by atoms with Crippen LogP contribution in [0.4, 0.5) is 0 Å². The van der Waals surface area contributed by atoms with Crippen molar-refractivity contribution in [3.63, 3.8) is 0 Å². The van der Waals surface area contributed by atoms with Crippen molar-refractivity contribution in [2.24, 2.45) is 5.92 Å². The molecule has 0 bridgehead atoms. The van der Waals surface area contributed by atoms with Crippen LogP contribution in [0.15, 0.2) is 42.2 Å². The van der Waals surface area contributed by atoms with Crippen LogP contribution in [0.5, 0.6) is 0 Å². The van der Waals surface area contributed by atoms with E-state index >= 15 is 0 Å². The maximum atomic E-state index is 10.4. The quantitative estimate of drug-likeness (QED) is 0.869. The monoisotopic (exact) mass is 294 g/mol. The van der Waals surface area contributed by atoms with E-state index in [0.29, 0.717) is 5.76 Å². The number of benzene rings is 2. The van der Waals surface area contributed by atoms with Crippen LogP contribution >= 0.6 is 0 Å². The first kappa shape index (κ1) is 14.9. The molecule has 0 spiro atoms. The zero-order valence-electron chi connectivity index (χ0n) is 13.3. The zero-order valence-corrected chi connectivity index (χ0v) is 13.3. The first-order chi connectivity index (χ1) is 10.5. The van der Waals surface area contributed by atoms with Gasteiger partial charge in [-0.25, -0.2) is 0 Å². The van der Waals surface area contributed by atoms with Crippen molar-refractivity contribution in [1.82, 2.24) is 0 Å². The van der Waals surface area contributed by atoms with Crippen molar-refractivity contribution in [3.8, 4) is 11.1 Å². The van der Waals surface area contributed by atoms with Gasteiger partial charge in [0.2, 0.25) is 0 Å². The third kappa shape index (κ3) is 2.34. The number of aryl methyl sites for hydroxylation is 2. The second-order valence-corrected chi connectivity index (χ2v) is 6.33. The third-order valence-electron chi connectivity index (χ3n) is 4.62. The first-order valence-electron chi connectivity index (χ1n) is 7.75.